The first-order valence-corrected chi connectivity index (χ1v) is 11.4. The van der Waals surface area contributed by atoms with E-state index in [9.17, 15) is 0 Å². The number of hydrogen-bond donors (Lipinski definition) is 1. The molecule has 2 atom stereocenters. The van der Waals surface area contributed by atoms with Crippen LogP contribution in [0, 0.1) is 5.92 Å². The van der Waals surface area contributed by atoms with E-state index < -0.39 is 0 Å². The van der Waals surface area contributed by atoms with Crippen molar-refractivity contribution in [2.24, 2.45) is 15.9 Å². The van der Waals surface area contributed by atoms with E-state index >= 15 is 0 Å². The van der Waals surface area contributed by atoms with Gasteiger partial charge in [-0.3, -0.25) is 9.98 Å². The highest BCUT2D eigenvalue weighted by molar-refractivity contribution is 5.84. The molecule has 1 N–H and O–H groups in total. The first-order valence-electron chi connectivity index (χ1n) is 11.4. The lowest BCUT2D eigenvalue weighted by atomic mass is 9.84. The molecule has 148 valence electrons. The average Bonchev–Trinajstić information content (AvgIpc) is 3.27. The topological polar surface area (TPSA) is 40.0 Å². The molecule has 0 aromatic carbocycles. The van der Waals surface area contributed by atoms with Crippen LogP contribution in [0.25, 0.3) is 0 Å². The lowest BCUT2D eigenvalue weighted by Crippen LogP contribution is -2.33. The molecule has 0 unspecified atom stereocenters. The van der Waals surface area contributed by atoms with E-state index in [0.29, 0.717) is 12.1 Å². The molecular weight excluding hydrogens is 320 g/mol. The molecule has 0 aromatic heterocycles. The Morgan fingerprint density at radius 1 is 1.04 bits per heavy atom. The second-order valence-electron chi connectivity index (χ2n) is 8.58. The second-order valence-corrected chi connectivity index (χ2v) is 8.58. The van der Waals surface area contributed by atoms with Crippen LogP contribution in [-0.2, 0) is 0 Å². The van der Waals surface area contributed by atoms with Gasteiger partial charge >= 0.3 is 0 Å². The smallest absolute Gasteiger partial charge is 0.0993 e. The minimum absolute atomic E-state index is 0.592. The first-order chi connectivity index (χ1) is 12.8. The maximum Gasteiger partial charge on any atom is 0.0993 e. The Hall–Kier alpha value is -1.06. The number of rotatable bonds is 10. The highest BCUT2D eigenvalue weighted by atomic mass is 15.3. The Morgan fingerprint density at radius 2 is 1.85 bits per heavy atom. The van der Waals surface area contributed by atoms with Crippen molar-refractivity contribution in [1.29, 1.82) is 0 Å². The Morgan fingerprint density at radius 3 is 2.62 bits per heavy atom. The third kappa shape index (κ3) is 5.47. The van der Waals surface area contributed by atoms with Gasteiger partial charge in [-0.1, -0.05) is 33.1 Å². The Labute approximate surface area is 160 Å². The van der Waals surface area contributed by atoms with Gasteiger partial charge in [0.15, 0.2) is 0 Å². The van der Waals surface area contributed by atoms with Crippen LogP contribution in [-0.4, -0.2) is 48.3 Å². The molecule has 3 rings (SSSR count). The van der Waals surface area contributed by atoms with Gasteiger partial charge in [-0.05, 0) is 50.9 Å². The fourth-order valence-corrected chi connectivity index (χ4v) is 4.88. The summed E-state index contributed by atoms with van der Waals surface area (Å²) in [6.07, 6.45) is 15.7. The van der Waals surface area contributed by atoms with Gasteiger partial charge in [0, 0.05) is 32.0 Å². The molecule has 4 heteroatoms. The van der Waals surface area contributed by atoms with Crippen molar-refractivity contribution in [1.82, 2.24) is 10.2 Å². The minimum atomic E-state index is 0.592. The summed E-state index contributed by atoms with van der Waals surface area (Å²) in [5, 5.41) is 3.61. The van der Waals surface area contributed by atoms with Crippen LogP contribution in [0.2, 0.25) is 0 Å². The Bertz CT molecular complexity index is 479. The van der Waals surface area contributed by atoms with Crippen molar-refractivity contribution in [3.05, 3.63) is 0 Å². The minimum Gasteiger partial charge on any atom is -0.369 e. The largest absolute Gasteiger partial charge is 0.369 e. The van der Waals surface area contributed by atoms with Crippen molar-refractivity contribution in [2.75, 3.05) is 19.6 Å². The van der Waals surface area contributed by atoms with E-state index in [0.717, 1.165) is 18.9 Å². The molecule has 26 heavy (non-hydrogen) atoms. The van der Waals surface area contributed by atoms with Crippen LogP contribution in [0.3, 0.4) is 0 Å². The third-order valence-corrected chi connectivity index (χ3v) is 6.35. The summed E-state index contributed by atoms with van der Waals surface area (Å²) in [7, 11) is 0. The van der Waals surface area contributed by atoms with Gasteiger partial charge in [-0.15, -0.1) is 0 Å². The zero-order valence-corrected chi connectivity index (χ0v) is 17.2. The molecule has 0 spiro atoms. The zero-order chi connectivity index (χ0) is 18.2. The van der Waals surface area contributed by atoms with Crippen molar-refractivity contribution in [3.8, 4) is 0 Å². The van der Waals surface area contributed by atoms with Crippen molar-refractivity contribution in [3.63, 3.8) is 0 Å². The molecule has 0 aromatic rings. The second kappa shape index (κ2) is 10.3. The van der Waals surface area contributed by atoms with E-state index in [1.54, 1.807) is 0 Å². The van der Waals surface area contributed by atoms with E-state index in [-0.39, 0.29) is 0 Å². The van der Waals surface area contributed by atoms with E-state index in [1.165, 1.54) is 95.4 Å². The predicted octanol–water partition coefficient (Wildman–Crippen LogP) is 4.79. The summed E-state index contributed by atoms with van der Waals surface area (Å²) >= 11 is 0. The van der Waals surface area contributed by atoms with Crippen LogP contribution in [0.5, 0.6) is 0 Å². The molecule has 0 amide bonds. The molecular formula is C22H40N4. The van der Waals surface area contributed by atoms with Gasteiger partial charge in [0.2, 0.25) is 0 Å². The van der Waals surface area contributed by atoms with Gasteiger partial charge in [-0.2, -0.15) is 0 Å². The Kier molecular flexibility index (Phi) is 7.82. The number of unbranched alkanes of at least 4 members (excludes halogenated alkanes) is 1. The average molecular weight is 361 g/mol. The van der Waals surface area contributed by atoms with Crippen LogP contribution in [0.15, 0.2) is 9.98 Å². The van der Waals surface area contributed by atoms with Gasteiger partial charge in [0.05, 0.1) is 24.3 Å². The normalized spacial score (nSPS) is 26.8. The maximum atomic E-state index is 5.18. The molecule has 0 saturated heterocycles. The summed E-state index contributed by atoms with van der Waals surface area (Å²) in [4.78, 5) is 12.4. The summed E-state index contributed by atoms with van der Waals surface area (Å²) in [6.45, 7) is 7.91. The maximum absolute atomic E-state index is 5.18. The van der Waals surface area contributed by atoms with Gasteiger partial charge in [0.1, 0.15) is 0 Å². The Balaban J connectivity index is 1.37. The molecule has 0 bridgehead atoms. The van der Waals surface area contributed by atoms with E-state index in [2.05, 4.69) is 29.1 Å². The van der Waals surface area contributed by atoms with Crippen molar-refractivity contribution >= 4 is 11.7 Å². The SMILES string of the molecule is CCCC1=NC[C@H](CCCCN2C[C@H](C3CCCCC3)N=C2CCC)N1. The molecule has 1 fully saturated rings. The molecule has 1 saturated carbocycles. The highest BCUT2D eigenvalue weighted by Gasteiger charge is 2.31. The van der Waals surface area contributed by atoms with E-state index in [1.807, 2.05) is 0 Å². The number of nitrogens with one attached hydrogen (secondary N) is 1. The number of amidine groups is 2. The quantitative estimate of drug-likeness (QED) is 0.569. The fourth-order valence-electron chi connectivity index (χ4n) is 4.88. The lowest BCUT2D eigenvalue weighted by molar-refractivity contribution is 0.281. The molecule has 2 aliphatic heterocycles. The van der Waals surface area contributed by atoms with Gasteiger partial charge < -0.3 is 10.2 Å². The summed E-state index contributed by atoms with van der Waals surface area (Å²) in [6, 6.07) is 1.19. The number of aliphatic imine (C=N–C) groups is 2. The summed E-state index contributed by atoms with van der Waals surface area (Å²) in [5.74, 6) is 3.51. The van der Waals surface area contributed by atoms with Gasteiger partial charge in [-0.25, -0.2) is 0 Å². The number of nitrogens with zero attached hydrogens (tertiary/aromatic N) is 3. The third-order valence-electron chi connectivity index (χ3n) is 6.35. The monoisotopic (exact) mass is 360 g/mol. The lowest BCUT2D eigenvalue weighted by Gasteiger charge is -2.27. The van der Waals surface area contributed by atoms with Crippen LogP contribution in [0.1, 0.15) is 90.9 Å². The first kappa shape index (κ1) is 19.7. The van der Waals surface area contributed by atoms with Crippen LogP contribution in [0.4, 0.5) is 0 Å². The summed E-state index contributed by atoms with van der Waals surface area (Å²) < 4.78 is 0. The zero-order valence-electron chi connectivity index (χ0n) is 17.2. The van der Waals surface area contributed by atoms with Crippen LogP contribution < -0.4 is 5.32 Å². The molecule has 4 nitrogen and oxygen atoms in total. The van der Waals surface area contributed by atoms with Crippen molar-refractivity contribution < 1.29 is 0 Å². The highest BCUT2D eigenvalue weighted by Crippen LogP contribution is 2.31. The summed E-state index contributed by atoms with van der Waals surface area (Å²) in [5.41, 5.74) is 0. The molecule has 3 aliphatic rings. The standard InChI is InChI=1S/C22H40N4/c1-3-10-21-23-16-19(24-21)14-8-9-15-26-17-20(25-22(26)11-4-2)18-12-6-5-7-13-18/h18-20H,3-17H2,1-2H3,(H,23,24)/t19-,20+/m0/s1. The molecule has 2 heterocycles. The van der Waals surface area contributed by atoms with Crippen LogP contribution >= 0.6 is 0 Å². The molecule has 0 radical (unpaired) electrons. The van der Waals surface area contributed by atoms with Crippen molar-refractivity contribution in [2.45, 2.75) is 103 Å². The fraction of sp³-hybridized carbons (Fsp3) is 0.909. The van der Waals surface area contributed by atoms with Gasteiger partial charge in [0.25, 0.3) is 0 Å². The van der Waals surface area contributed by atoms with E-state index in [4.69, 9.17) is 4.99 Å². The number of hydrogen-bond acceptors (Lipinski definition) is 4. The molecule has 1 aliphatic carbocycles. The predicted molar refractivity (Wildman–Crippen MR) is 112 cm³/mol.